The van der Waals surface area contributed by atoms with Gasteiger partial charge in [-0.15, -0.1) is 0 Å². The second-order valence-electron chi connectivity index (χ2n) is 7.31. The molecule has 7 heteroatoms. The van der Waals surface area contributed by atoms with Crippen molar-refractivity contribution in [2.24, 2.45) is 11.8 Å². The standard InChI is InChI=1S/C21H14Cl2N2O3/c22-11-5-6-13(14(23)9-11)19(26)18-16-15(20(27)24-21(16)28)17-12-4-2-1-3-10(12)7-8-25(17)18/h1-9,15-18H,(H,24,27,28)/p+1/t15-,16+,17-,18+/m0/s1. The summed E-state index contributed by atoms with van der Waals surface area (Å²) in [6, 6.07) is 11.4. The Bertz CT molecular complexity index is 1080. The second kappa shape index (κ2) is 6.27. The van der Waals surface area contributed by atoms with E-state index in [1.54, 1.807) is 12.1 Å². The monoisotopic (exact) mass is 413 g/mol. The number of carbonyl (C=O) groups is 3. The highest BCUT2D eigenvalue weighted by atomic mass is 35.5. The van der Waals surface area contributed by atoms with Gasteiger partial charge in [0.25, 0.3) is 0 Å². The Kier molecular flexibility index (Phi) is 3.95. The Balaban J connectivity index is 1.65. The maximum atomic E-state index is 13.5. The molecule has 2 saturated heterocycles. The molecule has 0 bridgehead atoms. The fourth-order valence-corrected chi connectivity index (χ4v) is 5.32. The summed E-state index contributed by atoms with van der Waals surface area (Å²) in [6.45, 7) is 0. The van der Waals surface area contributed by atoms with E-state index in [2.05, 4.69) is 5.32 Å². The van der Waals surface area contributed by atoms with Gasteiger partial charge in [-0.25, -0.2) is 0 Å². The smallest absolute Gasteiger partial charge is 0.237 e. The fourth-order valence-electron chi connectivity index (χ4n) is 4.82. The molecule has 5 rings (SSSR count). The molecule has 2 N–H and O–H groups in total. The number of quaternary nitrogens is 1. The maximum absolute atomic E-state index is 13.5. The third kappa shape index (κ3) is 2.40. The van der Waals surface area contributed by atoms with Gasteiger partial charge in [0.15, 0.2) is 6.04 Å². The number of ketones is 1. The minimum Gasteiger partial charge on any atom is -0.295 e. The molecule has 0 aliphatic carbocycles. The highest BCUT2D eigenvalue weighted by molar-refractivity contribution is 6.37. The zero-order valence-corrected chi connectivity index (χ0v) is 16.0. The number of carbonyl (C=O) groups excluding carboxylic acids is 3. The lowest BCUT2D eigenvalue weighted by Crippen LogP contribution is -3.12. The third-order valence-corrected chi connectivity index (χ3v) is 6.49. The Morgan fingerprint density at radius 3 is 2.54 bits per heavy atom. The zero-order chi connectivity index (χ0) is 19.6. The van der Waals surface area contributed by atoms with Gasteiger partial charge in [-0.3, -0.25) is 24.6 Å². The van der Waals surface area contributed by atoms with E-state index in [0.717, 1.165) is 16.0 Å². The van der Waals surface area contributed by atoms with Gasteiger partial charge in [0.2, 0.25) is 17.6 Å². The first-order chi connectivity index (χ1) is 13.5. The van der Waals surface area contributed by atoms with Crippen LogP contribution in [0.1, 0.15) is 27.5 Å². The zero-order valence-electron chi connectivity index (χ0n) is 14.5. The van der Waals surface area contributed by atoms with Gasteiger partial charge < -0.3 is 0 Å². The van der Waals surface area contributed by atoms with Crippen LogP contribution in [-0.4, -0.2) is 23.6 Å². The molecule has 0 saturated carbocycles. The number of Topliss-reactive ketones (excluding diaryl/α,β-unsaturated/α-hetero) is 1. The van der Waals surface area contributed by atoms with E-state index in [4.69, 9.17) is 23.2 Å². The molecule has 5 atom stereocenters. The predicted molar refractivity (Wildman–Crippen MR) is 104 cm³/mol. The quantitative estimate of drug-likeness (QED) is 0.584. The van der Waals surface area contributed by atoms with Crippen molar-refractivity contribution in [3.8, 4) is 0 Å². The number of hydrogen-bond acceptors (Lipinski definition) is 3. The van der Waals surface area contributed by atoms with Crippen molar-refractivity contribution in [1.82, 2.24) is 5.32 Å². The second-order valence-corrected chi connectivity index (χ2v) is 8.15. The van der Waals surface area contributed by atoms with Gasteiger partial charge in [0.1, 0.15) is 17.9 Å². The highest BCUT2D eigenvalue weighted by Crippen LogP contribution is 2.41. The number of imide groups is 1. The van der Waals surface area contributed by atoms with E-state index in [-0.39, 0.29) is 22.8 Å². The Morgan fingerprint density at radius 1 is 1.00 bits per heavy atom. The van der Waals surface area contributed by atoms with Crippen LogP contribution < -0.4 is 10.2 Å². The van der Waals surface area contributed by atoms with Crippen LogP contribution in [0.5, 0.6) is 0 Å². The van der Waals surface area contributed by atoms with Crippen LogP contribution in [0.15, 0.2) is 48.7 Å². The Morgan fingerprint density at radius 2 is 1.75 bits per heavy atom. The molecule has 2 fully saturated rings. The van der Waals surface area contributed by atoms with E-state index < -0.39 is 23.8 Å². The average Bonchev–Trinajstić information content (AvgIpc) is 3.16. The summed E-state index contributed by atoms with van der Waals surface area (Å²) < 4.78 is 0. The molecule has 2 aromatic carbocycles. The molecule has 2 amide bonds. The number of rotatable bonds is 2. The molecule has 3 aliphatic heterocycles. The molecule has 3 heterocycles. The van der Waals surface area contributed by atoms with Gasteiger partial charge in [-0.05, 0) is 29.8 Å². The van der Waals surface area contributed by atoms with E-state index in [1.165, 1.54) is 6.07 Å². The normalized spacial score (nSPS) is 29.9. The van der Waals surface area contributed by atoms with Crippen LogP contribution in [0, 0.1) is 11.8 Å². The number of benzene rings is 2. The summed E-state index contributed by atoms with van der Waals surface area (Å²) in [4.78, 5) is 39.5. The summed E-state index contributed by atoms with van der Waals surface area (Å²) in [5.74, 6) is -2.30. The fraction of sp³-hybridized carbons (Fsp3) is 0.190. The third-order valence-electron chi connectivity index (χ3n) is 5.94. The van der Waals surface area contributed by atoms with Crippen LogP contribution in [0.25, 0.3) is 6.08 Å². The topological polar surface area (TPSA) is 67.7 Å². The Hall–Kier alpha value is -2.47. The summed E-state index contributed by atoms with van der Waals surface area (Å²) in [5, 5.41) is 3.09. The van der Waals surface area contributed by atoms with E-state index in [0.29, 0.717) is 10.6 Å². The lowest BCUT2D eigenvalue weighted by molar-refractivity contribution is -0.884. The van der Waals surface area contributed by atoms with Gasteiger partial charge in [0.05, 0.1) is 11.2 Å². The largest absolute Gasteiger partial charge is 0.295 e. The first kappa shape index (κ1) is 17.6. The van der Waals surface area contributed by atoms with Crippen LogP contribution in [-0.2, 0) is 9.59 Å². The molecule has 0 aromatic heterocycles. The van der Waals surface area contributed by atoms with Crippen molar-refractivity contribution >= 4 is 46.9 Å². The van der Waals surface area contributed by atoms with Crippen LogP contribution in [0.4, 0.5) is 0 Å². The highest BCUT2D eigenvalue weighted by Gasteiger charge is 2.65. The average molecular weight is 414 g/mol. The van der Waals surface area contributed by atoms with Crippen molar-refractivity contribution in [3.05, 3.63) is 75.4 Å². The lowest BCUT2D eigenvalue weighted by atomic mass is 9.83. The molecule has 0 spiro atoms. The van der Waals surface area contributed by atoms with Gasteiger partial charge in [-0.2, -0.15) is 0 Å². The summed E-state index contributed by atoms with van der Waals surface area (Å²) >= 11 is 12.2. The number of halogens is 2. The minimum absolute atomic E-state index is 0.239. The Labute approximate surface area is 170 Å². The van der Waals surface area contributed by atoms with Crippen LogP contribution in [0.2, 0.25) is 10.0 Å². The molecule has 2 aromatic rings. The van der Waals surface area contributed by atoms with Gasteiger partial charge in [0, 0.05) is 16.1 Å². The molecule has 140 valence electrons. The van der Waals surface area contributed by atoms with Crippen LogP contribution >= 0.6 is 23.2 Å². The first-order valence-electron chi connectivity index (χ1n) is 8.95. The van der Waals surface area contributed by atoms with E-state index >= 15 is 0 Å². The SMILES string of the molecule is O=C1NC(=O)[C@H]2[C@@H]1[C@H](C(=O)c1ccc(Cl)cc1Cl)[NH+]1C=Cc3ccccc3[C@@H]21. The first-order valence-corrected chi connectivity index (χ1v) is 9.70. The van der Waals surface area contributed by atoms with Crippen molar-refractivity contribution < 1.29 is 19.3 Å². The summed E-state index contributed by atoms with van der Waals surface area (Å²) in [7, 11) is 0. The molecular weight excluding hydrogens is 399 g/mol. The van der Waals surface area contributed by atoms with Gasteiger partial charge in [-0.1, -0.05) is 47.5 Å². The molecular formula is C21H15Cl2N2O3+. The van der Waals surface area contributed by atoms with Crippen molar-refractivity contribution in [1.29, 1.82) is 0 Å². The molecule has 1 unspecified atom stereocenters. The maximum Gasteiger partial charge on any atom is 0.237 e. The van der Waals surface area contributed by atoms with Crippen molar-refractivity contribution in [3.63, 3.8) is 0 Å². The lowest BCUT2D eigenvalue weighted by Gasteiger charge is -2.29. The van der Waals surface area contributed by atoms with Gasteiger partial charge >= 0.3 is 0 Å². The van der Waals surface area contributed by atoms with Crippen molar-refractivity contribution in [2.45, 2.75) is 12.1 Å². The summed E-state index contributed by atoms with van der Waals surface area (Å²) in [6.07, 6.45) is 3.83. The number of amides is 2. The van der Waals surface area contributed by atoms with Crippen molar-refractivity contribution in [2.75, 3.05) is 0 Å². The molecule has 0 radical (unpaired) electrons. The number of nitrogens with one attached hydrogen (secondary N) is 2. The molecule has 3 aliphatic rings. The minimum atomic E-state index is -0.734. The van der Waals surface area contributed by atoms with Crippen LogP contribution in [0.3, 0.4) is 0 Å². The molecule has 28 heavy (non-hydrogen) atoms. The number of fused-ring (bicyclic) bond motifs is 5. The number of hydrogen-bond donors (Lipinski definition) is 2. The summed E-state index contributed by atoms with van der Waals surface area (Å²) in [5.41, 5.74) is 2.28. The van der Waals surface area contributed by atoms with E-state index in [9.17, 15) is 14.4 Å². The van der Waals surface area contributed by atoms with E-state index in [1.807, 2.05) is 36.5 Å². The molecule has 5 nitrogen and oxygen atoms in total. The predicted octanol–water partition coefficient (Wildman–Crippen LogP) is 2.06.